The number of benzene rings is 1. The van der Waals surface area contributed by atoms with Gasteiger partial charge in [-0.1, -0.05) is 19.1 Å². The molecule has 0 aliphatic heterocycles. The molecule has 0 aromatic heterocycles. The van der Waals surface area contributed by atoms with Crippen molar-refractivity contribution >= 4 is 21.2 Å². The summed E-state index contributed by atoms with van der Waals surface area (Å²) >= 11 is 0. The maximum Gasteiger partial charge on any atom is 0.151 e. The highest BCUT2D eigenvalue weighted by molar-refractivity contribution is 7.91. The van der Waals surface area contributed by atoms with E-state index in [0.717, 1.165) is 11.4 Å². The average Bonchev–Trinajstić information content (AvgIpc) is 2.29. The number of rotatable bonds is 6. The van der Waals surface area contributed by atoms with Gasteiger partial charge in [0.15, 0.2) is 9.84 Å². The van der Waals surface area contributed by atoms with Crippen molar-refractivity contribution in [1.82, 2.24) is 0 Å². The first-order valence-electron chi connectivity index (χ1n) is 5.67. The Morgan fingerprint density at radius 3 is 2.47 bits per heavy atom. The van der Waals surface area contributed by atoms with Gasteiger partial charge in [-0.15, -0.1) is 0 Å². The highest BCUT2D eigenvalue weighted by Crippen LogP contribution is 2.22. The Kier molecular flexibility index (Phi) is 4.81. The summed E-state index contributed by atoms with van der Waals surface area (Å²) in [6.07, 6.45) is 0. The number of anilines is 2. The fourth-order valence-electron chi connectivity index (χ4n) is 1.50. The molecule has 1 aromatic rings. The Balaban J connectivity index is 2.64. The Hall–Kier alpha value is -1.23. The molecule has 0 fully saturated rings. The maximum atomic E-state index is 11.4. The van der Waals surface area contributed by atoms with Crippen molar-refractivity contribution in [2.75, 3.05) is 42.4 Å². The fraction of sp³-hybridized carbons (Fsp3) is 0.500. The molecule has 0 bridgehead atoms. The second-order valence-electron chi connectivity index (χ2n) is 4.07. The van der Waals surface area contributed by atoms with Crippen LogP contribution in [0.5, 0.6) is 0 Å². The molecule has 0 saturated carbocycles. The Labute approximate surface area is 104 Å². The van der Waals surface area contributed by atoms with Gasteiger partial charge in [-0.05, 0) is 12.1 Å². The molecule has 0 radical (unpaired) electrons. The van der Waals surface area contributed by atoms with Crippen LogP contribution in [-0.4, -0.2) is 40.6 Å². The standard InChI is InChI=1S/C12H20N2O2S/c1-4-17(15,16)10-9-13-11-7-5-6-8-12(11)14(2)3/h5-8,13H,4,9-10H2,1-3H3. The third-order valence-electron chi connectivity index (χ3n) is 2.55. The molecule has 0 aliphatic rings. The molecule has 0 aliphatic carbocycles. The third-order valence-corrected chi connectivity index (χ3v) is 4.26. The molecular weight excluding hydrogens is 236 g/mol. The first kappa shape index (κ1) is 13.8. The quantitative estimate of drug-likeness (QED) is 0.840. The fourth-order valence-corrected chi connectivity index (χ4v) is 2.20. The lowest BCUT2D eigenvalue weighted by molar-refractivity contribution is 0.597. The molecule has 96 valence electrons. The van der Waals surface area contributed by atoms with Crippen LogP contribution in [0.3, 0.4) is 0 Å². The second kappa shape index (κ2) is 5.91. The highest BCUT2D eigenvalue weighted by Gasteiger charge is 2.08. The van der Waals surface area contributed by atoms with Gasteiger partial charge in [0, 0.05) is 26.4 Å². The molecule has 1 N–H and O–H groups in total. The number of nitrogens with zero attached hydrogens (tertiary/aromatic N) is 1. The monoisotopic (exact) mass is 256 g/mol. The van der Waals surface area contributed by atoms with Gasteiger partial charge in [0.05, 0.1) is 17.1 Å². The van der Waals surface area contributed by atoms with E-state index in [1.807, 2.05) is 43.3 Å². The first-order chi connectivity index (χ1) is 7.96. The molecular formula is C12H20N2O2S. The number of hydrogen-bond acceptors (Lipinski definition) is 4. The topological polar surface area (TPSA) is 49.4 Å². The normalized spacial score (nSPS) is 11.2. The van der Waals surface area contributed by atoms with Crippen LogP contribution in [0, 0.1) is 0 Å². The summed E-state index contributed by atoms with van der Waals surface area (Å²) in [7, 11) is 1.02. The van der Waals surface area contributed by atoms with E-state index in [1.54, 1.807) is 6.92 Å². The van der Waals surface area contributed by atoms with E-state index in [9.17, 15) is 8.42 Å². The van der Waals surface area contributed by atoms with Gasteiger partial charge in [-0.25, -0.2) is 8.42 Å². The van der Waals surface area contributed by atoms with Crippen molar-refractivity contribution in [2.24, 2.45) is 0 Å². The molecule has 0 atom stereocenters. The van der Waals surface area contributed by atoms with Crippen LogP contribution >= 0.6 is 0 Å². The van der Waals surface area contributed by atoms with Gasteiger partial charge >= 0.3 is 0 Å². The zero-order valence-electron chi connectivity index (χ0n) is 10.6. The summed E-state index contributed by atoms with van der Waals surface area (Å²) in [5.41, 5.74) is 2.02. The van der Waals surface area contributed by atoms with Gasteiger partial charge in [0.25, 0.3) is 0 Å². The van der Waals surface area contributed by atoms with Crippen molar-refractivity contribution in [3.8, 4) is 0 Å². The summed E-state index contributed by atoms with van der Waals surface area (Å²) in [6, 6.07) is 7.84. The molecule has 0 spiro atoms. The van der Waals surface area contributed by atoms with E-state index in [4.69, 9.17) is 0 Å². The number of para-hydroxylation sites is 2. The lowest BCUT2D eigenvalue weighted by atomic mass is 10.2. The summed E-state index contributed by atoms with van der Waals surface area (Å²) in [5, 5.41) is 3.16. The summed E-state index contributed by atoms with van der Waals surface area (Å²) < 4.78 is 22.7. The molecule has 0 amide bonds. The van der Waals surface area contributed by atoms with E-state index in [2.05, 4.69) is 5.32 Å². The Morgan fingerprint density at radius 2 is 1.88 bits per heavy atom. The largest absolute Gasteiger partial charge is 0.382 e. The van der Waals surface area contributed by atoms with Crippen molar-refractivity contribution in [2.45, 2.75) is 6.92 Å². The van der Waals surface area contributed by atoms with E-state index in [1.165, 1.54) is 0 Å². The van der Waals surface area contributed by atoms with Gasteiger partial charge in [-0.3, -0.25) is 0 Å². The van der Waals surface area contributed by atoms with Crippen molar-refractivity contribution in [1.29, 1.82) is 0 Å². The van der Waals surface area contributed by atoms with Gasteiger partial charge in [0.2, 0.25) is 0 Å². The molecule has 0 heterocycles. The minimum atomic E-state index is -2.90. The summed E-state index contributed by atoms with van der Waals surface area (Å²) in [5.74, 6) is 0.370. The van der Waals surface area contributed by atoms with Gasteiger partial charge < -0.3 is 10.2 Å². The van der Waals surface area contributed by atoms with Crippen molar-refractivity contribution in [3.63, 3.8) is 0 Å². The van der Waals surface area contributed by atoms with Crippen LogP contribution in [0.25, 0.3) is 0 Å². The minimum Gasteiger partial charge on any atom is -0.382 e. The molecule has 4 nitrogen and oxygen atoms in total. The highest BCUT2D eigenvalue weighted by atomic mass is 32.2. The molecule has 0 unspecified atom stereocenters. The lowest BCUT2D eigenvalue weighted by Crippen LogP contribution is -2.18. The Bertz CT molecular complexity index is 455. The third kappa shape index (κ3) is 4.26. The number of hydrogen-bond donors (Lipinski definition) is 1. The predicted molar refractivity (Wildman–Crippen MR) is 73.6 cm³/mol. The van der Waals surface area contributed by atoms with Crippen LogP contribution in [0.15, 0.2) is 24.3 Å². The maximum absolute atomic E-state index is 11.4. The summed E-state index contributed by atoms with van der Waals surface area (Å²) in [4.78, 5) is 2.00. The van der Waals surface area contributed by atoms with Crippen LogP contribution in [0.4, 0.5) is 11.4 Å². The Morgan fingerprint density at radius 1 is 1.24 bits per heavy atom. The van der Waals surface area contributed by atoms with E-state index in [-0.39, 0.29) is 11.5 Å². The van der Waals surface area contributed by atoms with E-state index >= 15 is 0 Å². The zero-order chi connectivity index (χ0) is 12.9. The summed E-state index contributed by atoms with van der Waals surface area (Å²) in [6.45, 7) is 2.12. The first-order valence-corrected chi connectivity index (χ1v) is 7.49. The number of sulfone groups is 1. The zero-order valence-corrected chi connectivity index (χ0v) is 11.4. The van der Waals surface area contributed by atoms with Crippen molar-refractivity contribution < 1.29 is 8.42 Å². The average molecular weight is 256 g/mol. The van der Waals surface area contributed by atoms with E-state index < -0.39 is 9.84 Å². The van der Waals surface area contributed by atoms with Gasteiger partial charge in [-0.2, -0.15) is 0 Å². The second-order valence-corrected chi connectivity index (χ2v) is 6.55. The minimum absolute atomic E-state index is 0.172. The van der Waals surface area contributed by atoms with Gasteiger partial charge in [0.1, 0.15) is 0 Å². The molecule has 0 saturated heterocycles. The molecule has 1 rings (SSSR count). The molecule has 1 aromatic carbocycles. The number of nitrogens with one attached hydrogen (secondary N) is 1. The van der Waals surface area contributed by atoms with E-state index in [0.29, 0.717) is 6.54 Å². The lowest BCUT2D eigenvalue weighted by Gasteiger charge is -2.18. The predicted octanol–water partition coefficient (Wildman–Crippen LogP) is 1.60. The van der Waals surface area contributed by atoms with Crippen LogP contribution in [0.1, 0.15) is 6.92 Å². The SMILES string of the molecule is CCS(=O)(=O)CCNc1ccccc1N(C)C. The van der Waals surface area contributed by atoms with Crippen LogP contribution in [0.2, 0.25) is 0 Å². The van der Waals surface area contributed by atoms with Crippen LogP contribution in [-0.2, 0) is 9.84 Å². The molecule has 17 heavy (non-hydrogen) atoms. The van der Waals surface area contributed by atoms with Crippen molar-refractivity contribution in [3.05, 3.63) is 24.3 Å². The van der Waals surface area contributed by atoms with Crippen LogP contribution < -0.4 is 10.2 Å². The molecule has 5 heteroatoms. The smallest absolute Gasteiger partial charge is 0.151 e.